The largest absolute Gasteiger partial charge is 0.457 e. The molecule has 14 nitrogen and oxygen atoms in total. The number of nitrogens with zero attached hydrogens (tertiary/aromatic N) is 7. The first-order valence-corrected chi connectivity index (χ1v) is 12.0. The van der Waals surface area contributed by atoms with E-state index in [0.717, 1.165) is 25.8 Å². The van der Waals surface area contributed by atoms with Gasteiger partial charge in [-0.25, -0.2) is 14.8 Å². The van der Waals surface area contributed by atoms with Crippen LogP contribution in [0.1, 0.15) is 58.5 Å². The second-order valence-corrected chi connectivity index (χ2v) is 8.69. The van der Waals surface area contributed by atoms with Crippen LogP contribution in [0.15, 0.2) is 56.8 Å². The van der Waals surface area contributed by atoms with Crippen LogP contribution in [0.5, 0.6) is 5.75 Å². The molecular weight excluding hydrogens is 494 g/mol. The van der Waals surface area contributed by atoms with Crippen LogP contribution in [0.3, 0.4) is 0 Å². The number of esters is 1. The first kappa shape index (κ1) is 24.8. The van der Waals surface area contributed by atoms with Crippen molar-refractivity contribution in [2.24, 2.45) is 5.10 Å². The third-order valence-electron chi connectivity index (χ3n) is 6.18. The van der Waals surface area contributed by atoms with Crippen molar-refractivity contribution in [2.45, 2.75) is 38.8 Å². The molecule has 0 aliphatic carbocycles. The number of para-hydroxylation sites is 1. The number of anilines is 1. The fraction of sp³-hybridized carbons (Fsp3) is 0.292. The van der Waals surface area contributed by atoms with Gasteiger partial charge in [0.25, 0.3) is 5.91 Å². The number of nitrogens with one attached hydrogen (secondary N) is 1. The lowest BCUT2D eigenvalue weighted by Crippen LogP contribution is -2.38. The minimum Gasteiger partial charge on any atom is -0.457 e. The quantitative estimate of drug-likeness (QED) is 0.151. The monoisotopic (exact) mass is 519 g/mol. The summed E-state index contributed by atoms with van der Waals surface area (Å²) in [6.45, 7) is 3.39. The maximum atomic E-state index is 13.1. The summed E-state index contributed by atoms with van der Waals surface area (Å²) in [5.41, 5.74) is 9.33. The van der Waals surface area contributed by atoms with E-state index in [1.807, 2.05) is 0 Å². The Hall–Kier alpha value is -4.85. The van der Waals surface area contributed by atoms with Gasteiger partial charge in [0.05, 0.1) is 18.2 Å². The summed E-state index contributed by atoms with van der Waals surface area (Å²) < 4.78 is 16.5. The number of benzene rings is 1. The van der Waals surface area contributed by atoms with Crippen LogP contribution in [-0.4, -0.2) is 60.9 Å². The lowest BCUT2D eigenvalue weighted by molar-refractivity contribution is 0.0700. The number of carbonyl (C=O) groups is 2. The highest BCUT2D eigenvalue weighted by Crippen LogP contribution is 2.23. The normalized spacial score (nSPS) is 16.1. The van der Waals surface area contributed by atoms with Gasteiger partial charge in [0.1, 0.15) is 5.75 Å². The SMILES string of the molecule is C[C@@H]1CCCCN1Cc1c(C(=O)N/N=C/c2ccccc2OC(=O)c2ccco2)nnn1-c1nonc1N. The van der Waals surface area contributed by atoms with Crippen LogP contribution in [0, 0.1) is 0 Å². The lowest BCUT2D eigenvalue weighted by Gasteiger charge is -2.33. The van der Waals surface area contributed by atoms with E-state index >= 15 is 0 Å². The number of nitrogen functional groups attached to an aromatic ring is 1. The van der Waals surface area contributed by atoms with Crippen molar-refractivity contribution in [3.8, 4) is 11.6 Å². The highest BCUT2D eigenvalue weighted by Gasteiger charge is 2.28. The molecule has 1 fully saturated rings. The number of hydrazone groups is 1. The Balaban J connectivity index is 1.35. The van der Waals surface area contributed by atoms with Gasteiger partial charge in [-0.05, 0) is 60.9 Å². The summed E-state index contributed by atoms with van der Waals surface area (Å²) in [7, 11) is 0. The van der Waals surface area contributed by atoms with E-state index in [4.69, 9.17) is 19.5 Å². The molecule has 1 atom stereocenters. The third kappa shape index (κ3) is 5.29. The third-order valence-corrected chi connectivity index (χ3v) is 6.18. The maximum absolute atomic E-state index is 13.1. The molecule has 0 unspecified atom stereocenters. The summed E-state index contributed by atoms with van der Waals surface area (Å²) in [6, 6.07) is 10.1. The summed E-state index contributed by atoms with van der Waals surface area (Å²) >= 11 is 0. The molecule has 0 radical (unpaired) electrons. The van der Waals surface area contributed by atoms with Gasteiger partial charge in [0.15, 0.2) is 5.69 Å². The number of aromatic nitrogens is 5. The van der Waals surface area contributed by atoms with Crippen molar-refractivity contribution in [2.75, 3.05) is 12.3 Å². The molecule has 38 heavy (non-hydrogen) atoms. The van der Waals surface area contributed by atoms with Crippen molar-refractivity contribution in [3.05, 3.63) is 65.4 Å². The molecule has 14 heteroatoms. The van der Waals surface area contributed by atoms with Crippen molar-refractivity contribution in [3.63, 3.8) is 0 Å². The van der Waals surface area contributed by atoms with Crippen molar-refractivity contribution in [1.82, 2.24) is 35.6 Å². The summed E-state index contributed by atoms with van der Waals surface area (Å²) in [5.74, 6) is -0.777. The minimum absolute atomic E-state index is 0.0218. The van der Waals surface area contributed by atoms with Gasteiger partial charge in [-0.15, -0.1) is 5.10 Å². The van der Waals surface area contributed by atoms with Crippen molar-refractivity contribution >= 4 is 23.9 Å². The van der Waals surface area contributed by atoms with E-state index in [1.54, 1.807) is 30.3 Å². The molecule has 196 valence electrons. The van der Waals surface area contributed by atoms with Gasteiger partial charge in [0, 0.05) is 18.2 Å². The standard InChI is InChI=1S/C24H25N9O5/c1-15-7-4-5-11-32(15)14-17-20(27-31-33(17)22-21(25)29-38-30-22)23(34)28-26-13-16-8-2-3-9-18(16)37-24(35)19-10-6-12-36-19/h2-3,6,8-10,12-13,15H,4-5,7,11,14H2,1H3,(H2,25,29)(H,28,34)/b26-13+/t15-/m1/s1. The molecule has 0 saturated carbocycles. The number of carbonyl (C=O) groups excluding carboxylic acids is 2. The molecule has 1 aliphatic rings. The molecule has 4 aromatic rings. The average Bonchev–Trinajstić information content (AvgIpc) is 3.68. The summed E-state index contributed by atoms with van der Waals surface area (Å²) in [6.07, 6.45) is 5.98. The molecule has 4 heterocycles. The van der Waals surface area contributed by atoms with Gasteiger partial charge >= 0.3 is 5.97 Å². The number of piperidine rings is 1. The zero-order valence-electron chi connectivity index (χ0n) is 20.5. The van der Waals surface area contributed by atoms with Crippen molar-refractivity contribution in [1.29, 1.82) is 0 Å². The fourth-order valence-corrected chi connectivity index (χ4v) is 4.15. The molecule has 1 aliphatic heterocycles. The average molecular weight is 520 g/mol. The van der Waals surface area contributed by atoms with E-state index in [-0.39, 0.29) is 28.8 Å². The summed E-state index contributed by atoms with van der Waals surface area (Å²) in [5, 5.41) is 19.6. The molecular formula is C24H25N9O5. The van der Waals surface area contributed by atoms with Crippen LogP contribution < -0.4 is 15.9 Å². The molecule has 3 N–H and O–H groups in total. The number of nitrogens with two attached hydrogens (primary N) is 1. The van der Waals surface area contributed by atoms with Crippen LogP contribution in [-0.2, 0) is 6.54 Å². The van der Waals surface area contributed by atoms with E-state index < -0.39 is 11.9 Å². The van der Waals surface area contributed by atoms with Crippen LogP contribution in [0.2, 0.25) is 0 Å². The Kier molecular flexibility index (Phi) is 7.21. The van der Waals surface area contributed by atoms with E-state index in [2.05, 4.69) is 43.0 Å². The molecule has 1 amide bonds. The number of ether oxygens (including phenoxy) is 1. The number of furan rings is 1. The highest BCUT2D eigenvalue weighted by atomic mass is 16.6. The number of hydrogen-bond donors (Lipinski definition) is 2. The lowest BCUT2D eigenvalue weighted by atomic mass is 10.0. The minimum atomic E-state index is -0.658. The topological polar surface area (TPSA) is 180 Å². The van der Waals surface area contributed by atoms with Gasteiger partial charge < -0.3 is 14.9 Å². The van der Waals surface area contributed by atoms with Gasteiger partial charge in [-0.1, -0.05) is 23.8 Å². The first-order valence-electron chi connectivity index (χ1n) is 12.0. The van der Waals surface area contributed by atoms with Crippen LogP contribution in [0.25, 0.3) is 5.82 Å². The zero-order chi connectivity index (χ0) is 26.5. The number of amides is 1. The number of likely N-dealkylation sites (tertiary alicyclic amines) is 1. The molecule has 0 spiro atoms. The van der Waals surface area contributed by atoms with Gasteiger partial charge in [-0.2, -0.15) is 9.78 Å². The first-order chi connectivity index (χ1) is 18.5. The Bertz CT molecular complexity index is 1440. The molecule has 5 rings (SSSR count). The Morgan fingerprint density at radius 3 is 2.87 bits per heavy atom. The predicted octanol–water partition coefficient (Wildman–Crippen LogP) is 2.18. The molecule has 1 saturated heterocycles. The molecule has 1 aromatic carbocycles. The highest BCUT2D eigenvalue weighted by molar-refractivity contribution is 5.95. The Labute approximate surface area is 216 Å². The molecule has 3 aromatic heterocycles. The van der Waals surface area contributed by atoms with Gasteiger partial charge in [0.2, 0.25) is 17.4 Å². The van der Waals surface area contributed by atoms with E-state index in [0.29, 0.717) is 23.8 Å². The zero-order valence-corrected chi connectivity index (χ0v) is 20.5. The second-order valence-electron chi connectivity index (χ2n) is 8.69. The fourth-order valence-electron chi connectivity index (χ4n) is 4.15. The van der Waals surface area contributed by atoms with E-state index in [1.165, 1.54) is 23.2 Å². The van der Waals surface area contributed by atoms with Crippen LogP contribution >= 0.6 is 0 Å². The number of rotatable bonds is 8. The van der Waals surface area contributed by atoms with Crippen molar-refractivity contribution < 1.29 is 23.4 Å². The van der Waals surface area contributed by atoms with Gasteiger partial charge in [-0.3, -0.25) is 9.69 Å². The van der Waals surface area contributed by atoms with Crippen LogP contribution in [0.4, 0.5) is 5.82 Å². The summed E-state index contributed by atoms with van der Waals surface area (Å²) in [4.78, 5) is 27.6. The van der Waals surface area contributed by atoms with E-state index in [9.17, 15) is 9.59 Å². The smallest absolute Gasteiger partial charge is 0.379 e. The predicted molar refractivity (Wildman–Crippen MR) is 133 cm³/mol. The maximum Gasteiger partial charge on any atom is 0.379 e. The molecule has 0 bridgehead atoms. The second kappa shape index (κ2) is 11.0. The Morgan fingerprint density at radius 1 is 1.24 bits per heavy atom. The number of hydrogen-bond acceptors (Lipinski definition) is 12. The Morgan fingerprint density at radius 2 is 2.11 bits per heavy atom.